The van der Waals surface area contributed by atoms with Crippen molar-refractivity contribution >= 4 is 11.6 Å². The minimum Gasteiger partial charge on any atom is -0.373 e. The van der Waals surface area contributed by atoms with Gasteiger partial charge in [0.2, 0.25) is 5.28 Å². The Bertz CT molecular complexity index is 369. The summed E-state index contributed by atoms with van der Waals surface area (Å²) in [7, 11) is 0. The number of aromatic nitrogens is 3. The van der Waals surface area contributed by atoms with E-state index in [0.29, 0.717) is 11.2 Å². The second-order valence-electron chi connectivity index (χ2n) is 4.97. The van der Waals surface area contributed by atoms with Crippen molar-refractivity contribution in [3.05, 3.63) is 11.1 Å². The van der Waals surface area contributed by atoms with Crippen LogP contribution in [0.3, 0.4) is 0 Å². The van der Waals surface area contributed by atoms with Gasteiger partial charge in [0.25, 0.3) is 0 Å². The summed E-state index contributed by atoms with van der Waals surface area (Å²) >= 11 is 6.06. The summed E-state index contributed by atoms with van der Waals surface area (Å²) in [6, 6.07) is 0. The Hall–Kier alpha value is -0.610. The molecule has 5 heteroatoms. The maximum Gasteiger partial charge on any atom is 0.225 e. The van der Waals surface area contributed by atoms with Gasteiger partial charge in [-0.3, -0.25) is 4.57 Å². The topological polar surface area (TPSA) is 39.9 Å². The van der Waals surface area contributed by atoms with Crippen LogP contribution in [0.4, 0.5) is 0 Å². The predicted octanol–water partition coefficient (Wildman–Crippen LogP) is 2.62. The molecule has 0 aromatic carbocycles. The van der Waals surface area contributed by atoms with E-state index in [1.54, 1.807) is 0 Å². The molecule has 90 valence electrons. The van der Waals surface area contributed by atoms with Crippen molar-refractivity contribution in [1.82, 2.24) is 14.8 Å². The molecule has 0 N–H and O–H groups in total. The third kappa shape index (κ3) is 2.23. The molecule has 0 aliphatic carbocycles. The van der Waals surface area contributed by atoms with Crippen molar-refractivity contribution in [1.29, 1.82) is 0 Å². The van der Waals surface area contributed by atoms with Crippen molar-refractivity contribution in [3.8, 4) is 0 Å². The third-order valence-corrected chi connectivity index (χ3v) is 3.32. The highest BCUT2D eigenvalue weighted by atomic mass is 35.5. The van der Waals surface area contributed by atoms with Crippen molar-refractivity contribution < 1.29 is 4.74 Å². The minimum atomic E-state index is -0.115. The predicted molar refractivity (Wildman–Crippen MR) is 62.7 cm³/mol. The number of halogens is 1. The Balaban J connectivity index is 2.23. The zero-order chi connectivity index (χ0) is 11.8. The average molecular weight is 244 g/mol. The first-order chi connectivity index (χ1) is 7.52. The largest absolute Gasteiger partial charge is 0.373 e. The number of nitrogens with zero attached hydrogens (tertiary/aromatic N) is 3. The van der Waals surface area contributed by atoms with Gasteiger partial charge in [-0.1, -0.05) is 13.8 Å². The number of ether oxygens (including phenoxy) is 1. The van der Waals surface area contributed by atoms with Gasteiger partial charge in [0.15, 0.2) is 0 Å². The maximum absolute atomic E-state index is 6.06. The first-order valence-corrected chi connectivity index (χ1v) is 6.12. The molecule has 0 bridgehead atoms. The SMILES string of the molecule is CC(C)c1nnc(Cl)n1CC1(C)CCCO1. The summed E-state index contributed by atoms with van der Waals surface area (Å²) in [6.07, 6.45) is 2.19. The van der Waals surface area contributed by atoms with Crippen LogP contribution in [0.25, 0.3) is 0 Å². The number of hydrogen-bond acceptors (Lipinski definition) is 3. The first kappa shape index (κ1) is 11.9. The van der Waals surface area contributed by atoms with E-state index in [0.717, 1.165) is 31.8 Å². The summed E-state index contributed by atoms with van der Waals surface area (Å²) in [5.41, 5.74) is -0.115. The molecule has 1 aromatic rings. The van der Waals surface area contributed by atoms with Crippen molar-refractivity contribution in [2.24, 2.45) is 0 Å². The second kappa shape index (κ2) is 4.34. The molecular weight excluding hydrogens is 226 g/mol. The van der Waals surface area contributed by atoms with E-state index >= 15 is 0 Å². The van der Waals surface area contributed by atoms with Gasteiger partial charge in [-0.05, 0) is 31.4 Å². The summed E-state index contributed by atoms with van der Waals surface area (Å²) in [5.74, 6) is 1.26. The Morgan fingerprint density at radius 3 is 2.81 bits per heavy atom. The fraction of sp³-hybridized carbons (Fsp3) is 0.818. The van der Waals surface area contributed by atoms with Crippen LogP contribution in [0.15, 0.2) is 0 Å². The van der Waals surface area contributed by atoms with Crippen molar-refractivity contribution in [2.75, 3.05) is 6.61 Å². The number of hydrogen-bond donors (Lipinski definition) is 0. The van der Waals surface area contributed by atoms with E-state index in [9.17, 15) is 0 Å². The van der Waals surface area contributed by atoms with Crippen LogP contribution in [0.1, 0.15) is 45.4 Å². The van der Waals surface area contributed by atoms with E-state index < -0.39 is 0 Å². The van der Waals surface area contributed by atoms with Gasteiger partial charge < -0.3 is 4.74 Å². The second-order valence-corrected chi connectivity index (χ2v) is 5.31. The highest BCUT2D eigenvalue weighted by molar-refractivity contribution is 6.28. The quantitative estimate of drug-likeness (QED) is 0.819. The molecule has 1 saturated heterocycles. The van der Waals surface area contributed by atoms with E-state index in [1.807, 2.05) is 4.57 Å². The molecular formula is C11H18ClN3O. The maximum atomic E-state index is 6.06. The molecule has 1 fully saturated rings. The van der Waals surface area contributed by atoms with Gasteiger partial charge in [-0.25, -0.2) is 0 Å². The summed E-state index contributed by atoms with van der Waals surface area (Å²) in [4.78, 5) is 0. The lowest BCUT2D eigenvalue weighted by Crippen LogP contribution is -2.30. The van der Waals surface area contributed by atoms with E-state index in [2.05, 4.69) is 31.0 Å². The lowest BCUT2D eigenvalue weighted by atomic mass is 10.0. The smallest absolute Gasteiger partial charge is 0.225 e. The zero-order valence-electron chi connectivity index (χ0n) is 10.0. The van der Waals surface area contributed by atoms with Gasteiger partial charge >= 0.3 is 0 Å². The van der Waals surface area contributed by atoms with Crippen LogP contribution in [0.5, 0.6) is 0 Å². The van der Waals surface area contributed by atoms with Gasteiger partial charge in [-0.15, -0.1) is 10.2 Å². The molecule has 1 aromatic heterocycles. The molecule has 1 unspecified atom stereocenters. The van der Waals surface area contributed by atoms with Crippen molar-refractivity contribution in [2.45, 2.75) is 51.7 Å². The molecule has 0 saturated carbocycles. The molecule has 0 radical (unpaired) electrons. The van der Waals surface area contributed by atoms with Gasteiger partial charge in [0, 0.05) is 12.5 Å². The molecule has 4 nitrogen and oxygen atoms in total. The monoisotopic (exact) mass is 243 g/mol. The van der Waals surface area contributed by atoms with Gasteiger partial charge in [0.1, 0.15) is 5.82 Å². The first-order valence-electron chi connectivity index (χ1n) is 5.74. The Kier molecular flexibility index (Phi) is 3.22. The molecule has 1 atom stereocenters. The van der Waals surface area contributed by atoms with Crippen LogP contribution < -0.4 is 0 Å². The Labute approximate surface area is 101 Å². The third-order valence-electron chi connectivity index (χ3n) is 3.04. The minimum absolute atomic E-state index is 0.115. The zero-order valence-corrected chi connectivity index (χ0v) is 10.8. The van der Waals surface area contributed by atoms with Gasteiger partial charge in [-0.2, -0.15) is 0 Å². The van der Waals surface area contributed by atoms with Gasteiger partial charge in [0.05, 0.1) is 12.1 Å². The lowest BCUT2D eigenvalue weighted by molar-refractivity contribution is 0.00550. The van der Waals surface area contributed by atoms with Crippen LogP contribution in [-0.2, 0) is 11.3 Å². The van der Waals surface area contributed by atoms with E-state index in [-0.39, 0.29) is 5.60 Å². The molecule has 1 aliphatic heterocycles. The summed E-state index contributed by atoms with van der Waals surface area (Å²) in [5, 5.41) is 8.51. The highest BCUT2D eigenvalue weighted by Gasteiger charge is 2.32. The van der Waals surface area contributed by atoms with Crippen LogP contribution in [0.2, 0.25) is 5.28 Å². The summed E-state index contributed by atoms with van der Waals surface area (Å²) < 4.78 is 7.74. The molecule has 2 rings (SSSR count). The van der Waals surface area contributed by atoms with E-state index in [4.69, 9.17) is 16.3 Å². The standard InChI is InChI=1S/C11H18ClN3O/c1-8(2)9-13-14-10(12)15(9)7-11(3)5-4-6-16-11/h8H,4-7H2,1-3H3. The fourth-order valence-corrected chi connectivity index (χ4v) is 2.35. The van der Waals surface area contributed by atoms with E-state index in [1.165, 1.54) is 0 Å². The highest BCUT2D eigenvalue weighted by Crippen LogP contribution is 2.29. The molecule has 0 spiro atoms. The van der Waals surface area contributed by atoms with Crippen LogP contribution in [0, 0.1) is 0 Å². The summed E-state index contributed by atoms with van der Waals surface area (Å²) in [6.45, 7) is 7.89. The fourth-order valence-electron chi connectivity index (χ4n) is 2.16. The molecule has 0 amide bonds. The van der Waals surface area contributed by atoms with Crippen LogP contribution >= 0.6 is 11.6 Å². The molecule has 1 aliphatic rings. The van der Waals surface area contributed by atoms with Crippen LogP contribution in [-0.4, -0.2) is 27.0 Å². The number of rotatable bonds is 3. The van der Waals surface area contributed by atoms with Crippen molar-refractivity contribution in [3.63, 3.8) is 0 Å². The Morgan fingerprint density at radius 2 is 2.25 bits per heavy atom. The normalized spacial score (nSPS) is 25.6. The molecule has 16 heavy (non-hydrogen) atoms. The average Bonchev–Trinajstić information content (AvgIpc) is 2.76. The Morgan fingerprint density at radius 1 is 1.50 bits per heavy atom. The molecule has 2 heterocycles. The lowest BCUT2D eigenvalue weighted by Gasteiger charge is -2.25.